The number of benzene rings is 2. The molecule has 0 saturated carbocycles. The minimum absolute atomic E-state index is 0. The Morgan fingerprint density at radius 3 is 1.21 bits per heavy atom. The Bertz CT molecular complexity index is 856. The third-order valence-corrected chi connectivity index (χ3v) is 4.01. The van der Waals surface area contributed by atoms with Crippen molar-refractivity contribution in [1.29, 1.82) is 0 Å². The molecule has 0 aliphatic rings. The molecular formula is C18H18O10. The first-order valence-electron chi connectivity index (χ1n) is 7.35. The zero-order valence-corrected chi connectivity index (χ0v) is 14.5. The van der Waals surface area contributed by atoms with Crippen LogP contribution in [0.4, 0.5) is 0 Å². The van der Waals surface area contributed by atoms with E-state index >= 15 is 0 Å². The van der Waals surface area contributed by atoms with Crippen LogP contribution in [0.15, 0.2) is 36.4 Å². The van der Waals surface area contributed by atoms with Crippen molar-refractivity contribution in [3.63, 3.8) is 0 Å². The first kappa shape index (κ1) is 24.2. The van der Waals surface area contributed by atoms with Crippen LogP contribution in [0.25, 0.3) is 0 Å². The van der Waals surface area contributed by atoms with E-state index in [4.69, 9.17) is 0 Å². The number of hydrogen-bond acceptors (Lipinski definition) is 4. The van der Waals surface area contributed by atoms with Crippen LogP contribution < -0.4 is 0 Å². The second kappa shape index (κ2) is 9.26. The number of rotatable bonds is 6. The Morgan fingerprint density at radius 2 is 0.964 bits per heavy atom. The fourth-order valence-electron chi connectivity index (χ4n) is 2.86. The van der Waals surface area contributed by atoms with Crippen molar-refractivity contribution in [3.8, 4) is 0 Å². The van der Waals surface area contributed by atoms with Crippen molar-refractivity contribution in [2.75, 3.05) is 0 Å². The van der Waals surface area contributed by atoms with Crippen molar-refractivity contribution in [2.24, 2.45) is 0 Å². The molecule has 0 bridgehead atoms. The van der Waals surface area contributed by atoms with Crippen molar-refractivity contribution in [2.45, 2.75) is 12.8 Å². The molecule has 150 valence electrons. The van der Waals surface area contributed by atoms with Gasteiger partial charge in [-0.2, -0.15) is 0 Å². The summed E-state index contributed by atoms with van der Waals surface area (Å²) in [6, 6.07) is 7.72. The van der Waals surface area contributed by atoms with Gasteiger partial charge in [0, 0.05) is 5.92 Å². The van der Waals surface area contributed by atoms with Crippen LogP contribution in [-0.4, -0.2) is 55.3 Å². The molecular weight excluding hydrogens is 376 g/mol. The van der Waals surface area contributed by atoms with Gasteiger partial charge in [0.25, 0.3) is 0 Å². The van der Waals surface area contributed by atoms with Gasteiger partial charge in [-0.25, -0.2) is 19.2 Å². The number of aromatic carboxylic acids is 4. The molecule has 0 fully saturated rings. The van der Waals surface area contributed by atoms with Crippen molar-refractivity contribution >= 4 is 23.9 Å². The zero-order valence-electron chi connectivity index (χ0n) is 14.5. The predicted molar refractivity (Wildman–Crippen MR) is 95.5 cm³/mol. The molecule has 0 unspecified atom stereocenters. The van der Waals surface area contributed by atoms with E-state index < -0.39 is 52.0 Å². The van der Waals surface area contributed by atoms with E-state index in [1.54, 1.807) is 0 Å². The van der Waals surface area contributed by atoms with Gasteiger partial charge in [-0.3, -0.25) is 0 Å². The Kier molecular flexibility index (Phi) is 8.01. The van der Waals surface area contributed by atoms with Gasteiger partial charge in [-0.1, -0.05) is 31.2 Å². The molecule has 0 heterocycles. The van der Waals surface area contributed by atoms with E-state index in [9.17, 15) is 39.6 Å². The average Bonchev–Trinajstić information content (AvgIpc) is 2.59. The highest BCUT2D eigenvalue weighted by Gasteiger charge is 2.28. The molecule has 0 atom stereocenters. The molecule has 0 aromatic heterocycles. The standard InChI is InChI=1S/C18H14O8.2H2O/c1-8(9-4-2-6-11(15(19)20)13(9)17(23)24)10-5-3-7-12(16(21)22)14(10)18(25)26;;/h2-8H,1H3,(H,19,20)(H,21,22)(H,23,24)(H,25,26);2*1H2. The molecule has 2 aromatic carbocycles. The van der Waals surface area contributed by atoms with Gasteiger partial charge in [0.1, 0.15) is 0 Å². The van der Waals surface area contributed by atoms with Gasteiger partial charge in [0.2, 0.25) is 0 Å². The lowest BCUT2D eigenvalue weighted by Crippen LogP contribution is -2.17. The van der Waals surface area contributed by atoms with Crippen LogP contribution in [0.2, 0.25) is 0 Å². The summed E-state index contributed by atoms with van der Waals surface area (Å²) in [5, 5.41) is 37.3. The summed E-state index contributed by atoms with van der Waals surface area (Å²) in [6.07, 6.45) is 0. The largest absolute Gasteiger partial charge is 0.478 e. The van der Waals surface area contributed by atoms with Crippen molar-refractivity contribution < 1.29 is 50.6 Å². The zero-order chi connectivity index (χ0) is 19.6. The summed E-state index contributed by atoms with van der Waals surface area (Å²) in [4.78, 5) is 45.8. The van der Waals surface area contributed by atoms with Gasteiger partial charge >= 0.3 is 23.9 Å². The third kappa shape index (κ3) is 4.31. The first-order valence-corrected chi connectivity index (χ1v) is 7.35. The summed E-state index contributed by atoms with van der Waals surface area (Å²) < 4.78 is 0. The molecule has 28 heavy (non-hydrogen) atoms. The van der Waals surface area contributed by atoms with Gasteiger partial charge in [-0.15, -0.1) is 0 Å². The average molecular weight is 394 g/mol. The number of carboxylic acids is 4. The number of carboxylic acid groups (broad SMARTS) is 4. The van der Waals surface area contributed by atoms with E-state index in [1.807, 2.05) is 0 Å². The SMILES string of the molecule is CC(c1cccc(C(=O)O)c1C(=O)O)c1cccc(C(=O)O)c1C(=O)O.O.O. The second-order valence-electron chi connectivity index (χ2n) is 5.48. The van der Waals surface area contributed by atoms with Gasteiger partial charge in [0.15, 0.2) is 0 Å². The van der Waals surface area contributed by atoms with Gasteiger partial charge in [-0.05, 0) is 23.3 Å². The lowest BCUT2D eigenvalue weighted by Gasteiger charge is -2.19. The normalized spacial score (nSPS) is 9.79. The highest BCUT2D eigenvalue weighted by molar-refractivity contribution is 6.04. The maximum atomic E-state index is 11.6. The second-order valence-corrected chi connectivity index (χ2v) is 5.48. The quantitative estimate of drug-likeness (QED) is 0.553. The summed E-state index contributed by atoms with van der Waals surface area (Å²) in [5.74, 6) is -6.69. The highest BCUT2D eigenvalue weighted by atomic mass is 16.4. The lowest BCUT2D eigenvalue weighted by atomic mass is 9.84. The summed E-state index contributed by atoms with van der Waals surface area (Å²) in [5.41, 5.74) is -1.67. The fraction of sp³-hybridized carbons (Fsp3) is 0.111. The molecule has 2 rings (SSSR count). The number of carbonyl (C=O) groups is 4. The summed E-state index contributed by atoms with van der Waals surface area (Å²) >= 11 is 0. The maximum Gasteiger partial charge on any atom is 0.336 e. The Hall–Kier alpha value is -3.76. The van der Waals surface area contributed by atoms with Crippen LogP contribution in [0, 0.1) is 0 Å². The predicted octanol–water partition coefficient (Wildman–Crippen LogP) is 0.982. The molecule has 10 nitrogen and oxygen atoms in total. The molecule has 0 aliphatic carbocycles. The van der Waals surface area contributed by atoms with Crippen LogP contribution >= 0.6 is 0 Å². The molecule has 0 amide bonds. The van der Waals surface area contributed by atoms with Gasteiger partial charge < -0.3 is 31.4 Å². The van der Waals surface area contributed by atoms with Crippen molar-refractivity contribution in [3.05, 3.63) is 69.8 Å². The first-order chi connectivity index (χ1) is 12.2. The van der Waals surface area contributed by atoms with Crippen LogP contribution in [0.1, 0.15) is 65.4 Å². The van der Waals surface area contributed by atoms with E-state index in [0.29, 0.717) is 0 Å². The molecule has 0 radical (unpaired) electrons. The molecule has 2 aromatic rings. The van der Waals surface area contributed by atoms with E-state index in [2.05, 4.69) is 0 Å². The summed E-state index contributed by atoms with van der Waals surface area (Å²) in [7, 11) is 0. The smallest absolute Gasteiger partial charge is 0.336 e. The maximum absolute atomic E-state index is 11.6. The number of hydrogen-bond donors (Lipinski definition) is 4. The molecule has 0 saturated heterocycles. The third-order valence-electron chi connectivity index (χ3n) is 4.01. The van der Waals surface area contributed by atoms with E-state index in [1.165, 1.54) is 31.2 Å². The molecule has 0 aliphatic heterocycles. The monoisotopic (exact) mass is 394 g/mol. The summed E-state index contributed by atoms with van der Waals surface area (Å²) in [6.45, 7) is 1.49. The lowest BCUT2D eigenvalue weighted by molar-refractivity contribution is 0.0648. The Labute approximate surface area is 157 Å². The highest BCUT2D eigenvalue weighted by Crippen LogP contribution is 2.32. The van der Waals surface area contributed by atoms with Crippen LogP contribution in [0.5, 0.6) is 0 Å². The molecule has 10 heteroatoms. The minimum Gasteiger partial charge on any atom is -0.478 e. The minimum atomic E-state index is -1.48. The molecule has 8 N–H and O–H groups in total. The van der Waals surface area contributed by atoms with Crippen LogP contribution in [0.3, 0.4) is 0 Å². The Balaban J connectivity index is 0.00000364. The van der Waals surface area contributed by atoms with Crippen molar-refractivity contribution in [1.82, 2.24) is 0 Å². The topological polar surface area (TPSA) is 212 Å². The Morgan fingerprint density at radius 1 is 0.643 bits per heavy atom. The van der Waals surface area contributed by atoms with Gasteiger partial charge in [0.05, 0.1) is 22.3 Å². The van der Waals surface area contributed by atoms with Crippen LogP contribution in [-0.2, 0) is 0 Å². The van der Waals surface area contributed by atoms with E-state index in [0.717, 1.165) is 12.1 Å². The molecule has 0 spiro atoms. The van der Waals surface area contributed by atoms with E-state index in [-0.39, 0.29) is 22.1 Å². The fourth-order valence-corrected chi connectivity index (χ4v) is 2.86.